The Morgan fingerprint density at radius 2 is 1.47 bits per heavy atom. The molecule has 0 aromatic heterocycles. The summed E-state index contributed by atoms with van der Waals surface area (Å²) < 4.78 is 0. The molecule has 2 aromatic carbocycles. The predicted molar refractivity (Wildman–Crippen MR) is 74.5 cm³/mol. The van der Waals surface area contributed by atoms with Crippen molar-refractivity contribution in [2.75, 3.05) is 0 Å². The average Bonchev–Trinajstić information content (AvgIpc) is 2.41. The van der Waals surface area contributed by atoms with E-state index in [1.165, 1.54) is 0 Å². The summed E-state index contributed by atoms with van der Waals surface area (Å²) in [6.07, 6.45) is 3.86. The molecule has 0 N–H and O–H groups in total. The molecule has 82 valence electrons. The van der Waals surface area contributed by atoms with Gasteiger partial charge >= 0.3 is 0 Å². The van der Waals surface area contributed by atoms with Crippen molar-refractivity contribution < 1.29 is 0 Å². The van der Waals surface area contributed by atoms with Crippen LogP contribution < -0.4 is 0 Å². The Labute approximate surface area is 102 Å². The van der Waals surface area contributed by atoms with Gasteiger partial charge in [0.15, 0.2) is 0 Å². The van der Waals surface area contributed by atoms with E-state index in [2.05, 4.69) is 12.3 Å². The summed E-state index contributed by atoms with van der Waals surface area (Å²) in [5, 5.41) is 0. The smallest absolute Gasteiger partial charge is 0.0127 e. The van der Waals surface area contributed by atoms with Gasteiger partial charge in [0.25, 0.3) is 0 Å². The standard InChI is InChI=1S/C17H14/c1-15(17-13-6-3-7-14-17)9-8-12-16-10-4-2-5-11-16/h2-7,9-14H,1H2. The second kappa shape index (κ2) is 5.69. The van der Waals surface area contributed by atoms with Gasteiger partial charge in [-0.1, -0.05) is 67.2 Å². The molecular weight excluding hydrogens is 204 g/mol. The molecule has 0 saturated heterocycles. The Balaban J connectivity index is 2.12. The third-order valence-electron chi connectivity index (χ3n) is 2.45. The quantitative estimate of drug-likeness (QED) is 0.523. The molecule has 0 aliphatic rings. The van der Waals surface area contributed by atoms with Crippen LogP contribution in [0, 0.1) is 0 Å². The van der Waals surface area contributed by atoms with E-state index >= 15 is 0 Å². The van der Waals surface area contributed by atoms with Crippen LogP contribution >= 0.6 is 0 Å². The summed E-state index contributed by atoms with van der Waals surface area (Å²) in [5.74, 6) is 0. The van der Waals surface area contributed by atoms with Gasteiger partial charge in [-0.05, 0) is 28.9 Å². The van der Waals surface area contributed by atoms with Gasteiger partial charge < -0.3 is 0 Å². The first kappa shape index (κ1) is 11.2. The number of allylic oxidation sites excluding steroid dienone is 2. The predicted octanol–water partition coefficient (Wildman–Crippen LogP) is 4.57. The minimum Gasteiger partial charge on any atom is -0.120 e. The molecule has 0 heteroatoms. The van der Waals surface area contributed by atoms with Crippen molar-refractivity contribution in [2.24, 2.45) is 0 Å². The first-order chi connectivity index (χ1) is 8.36. The lowest BCUT2D eigenvalue weighted by Crippen LogP contribution is -1.75. The maximum absolute atomic E-state index is 4.02. The van der Waals surface area contributed by atoms with Gasteiger partial charge in [0, 0.05) is 0 Å². The van der Waals surface area contributed by atoms with E-state index in [1.54, 1.807) is 0 Å². The first-order valence-corrected chi connectivity index (χ1v) is 5.58. The molecule has 2 aromatic rings. The molecule has 0 spiro atoms. The van der Waals surface area contributed by atoms with Crippen molar-refractivity contribution >= 4 is 11.6 Å². The normalized spacial score (nSPS) is 9.18. The minimum atomic E-state index is 0.970. The van der Waals surface area contributed by atoms with Crippen LogP contribution in [0.2, 0.25) is 0 Å². The fourth-order valence-corrected chi connectivity index (χ4v) is 1.52. The van der Waals surface area contributed by atoms with Crippen molar-refractivity contribution in [2.45, 2.75) is 0 Å². The highest BCUT2D eigenvalue weighted by Gasteiger charge is 1.90. The van der Waals surface area contributed by atoms with Crippen LogP contribution in [0.3, 0.4) is 0 Å². The maximum Gasteiger partial charge on any atom is -0.0127 e. The summed E-state index contributed by atoms with van der Waals surface area (Å²) in [4.78, 5) is 0. The SMILES string of the molecule is C=C(C=C=Cc1ccccc1)c1ccccc1. The van der Waals surface area contributed by atoms with Crippen LogP contribution in [0.5, 0.6) is 0 Å². The zero-order valence-corrected chi connectivity index (χ0v) is 9.64. The largest absolute Gasteiger partial charge is 0.120 e. The van der Waals surface area contributed by atoms with Crippen LogP contribution in [-0.4, -0.2) is 0 Å². The van der Waals surface area contributed by atoms with E-state index in [0.717, 1.165) is 16.7 Å². The highest BCUT2D eigenvalue weighted by atomic mass is 13.9. The average molecular weight is 218 g/mol. The van der Waals surface area contributed by atoms with E-state index in [0.29, 0.717) is 0 Å². The number of rotatable bonds is 3. The van der Waals surface area contributed by atoms with Crippen LogP contribution in [0.15, 0.2) is 79.0 Å². The Kier molecular flexibility index (Phi) is 3.75. The van der Waals surface area contributed by atoms with E-state index in [1.807, 2.05) is 72.8 Å². The molecule has 0 amide bonds. The van der Waals surface area contributed by atoms with Gasteiger partial charge in [0.05, 0.1) is 0 Å². The molecule has 0 unspecified atom stereocenters. The monoisotopic (exact) mass is 218 g/mol. The van der Waals surface area contributed by atoms with Crippen LogP contribution in [0.1, 0.15) is 11.1 Å². The second-order valence-corrected chi connectivity index (χ2v) is 3.76. The highest BCUT2D eigenvalue weighted by Crippen LogP contribution is 2.12. The Bertz CT molecular complexity index is 541. The van der Waals surface area contributed by atoms with Crippen molar-refractivity contribution in [3.05, 3.63) is 90.2 Å². The van der Waals surface area contributed by atoms with E-state index in [9.17, 15) is 0 Å². The van der Waals surface area contributed by atoms with Crippen LogP contribution in [0.4, 0.5) is 0 Å². The molecule has 0 saturated carbocycles. The molecule has 0 nitrogen and oxygen atoms in total. The zero-order valence-electron chi connectivity index (χ0n) is 9.64. The van der Waals surface area contributed by atoms with Crippen LogP contribution in [0.25, 0.3) is 11.6 Å². The first-order valence-electron chi connectivity index (χ1n) is 5.58. The molecule has 0 heterocycles. The van der Waals surface area contributed by atoms with Crippen molar-refractivity contribution in [1.29, 1.82) is 0 Å². The fraction of sp³-hybridized carbons (Fsp3) is 0. The summed E-state index contributed by atoms with van der Waals surface area (Å²) in [5.41, 5.74) is 6.39. The number of hydrogen-bond donors (Lipinski definition) is 0. The van der Waals surface area contributed by atoms with Gasteiger partial charge in [-0.2, -0.15) is 0 Å². The molecular formula is C17H14. The minimum absolute atomic E-state index is 0.970. The van der Waals surface area contributed by atoms with E-state index in [-0.39, 0.29) is 0 Å². The molecule has 0 fully saturated rings. The zero-order chi connectivity index (χ0) is 11.9. The Hall–Kier alpha value is -2.30. The topological polar surface area (TPSA) is 0 Å². The van der Waals surface area contributed by atoms with Crippen molar-refractivity contribution in [3.63, 3.8) is 0 Å². The van der Waals surface area contributed by atoms with Crippen LogP contribution in [-0.2, 0) is 0 Å². The molecule has 2 rings (SSSR count). The lowest BCUT2D eigenvalue weighted by molar-refractivity contribution is 1.63. The summed E-state index contributed by atoms with van der Waals surface area (Å²) >= 11 is 0. The molecule has 0 bridgehead atoms. The lowest BCUT2D eigenvalue weighted by atomic mass is 10.1. The van der Waals surface area contributed by atoms with Crippen molar-refractivity contribution in [3.8, 4) is 0 Å². The molecule has 0 radical (unpaired) electrons. The summed E-state index contributed by atoms with van der Waals surface area (Å²) in [7, 11) is 0. The number of hydrogen-bond acceptors (Lipinski definition) is 0. The molecule has 17 heavy (non-hydrogen) atoms. The van der Waals surface area contributed by atoms with Gasteiger partial charge in [-0.25, -0.2) is 0 Å². The number of benzene rings is 2. The second-order valence-electron chi connectivity index (χ2n) is 3.76. The summed E-state index contributed by atoms with van der Waals surface area (Å²) in [6, 6.07) is 20.2. The molecule has 0 aliphatic carbocycles. The fourth-order valence-electron chi connectivity index (χ4n) is 1.52. The van der Waals surface area contributed by atoms with E-state index in [4.69, 9.17) is 0 Å². The third kappa shape index (κ3) is 3.34. The van der Waals surface area contributed by atoms with Gasteiger partial charge in [0.1, 0.15) is 0 Å². The molecule has 0 aliphatic heterocycles. The van der Waals surface area contributed by atoms with E-state index < -0.39 is 0 Å². The van der Waals surface area contributed by atoms with Crippen molar-refractivity contribution in [1.82, 2.24) is 0 Å². The Morgan fingerprint density at radius 1 is 0.882 bits per heavy atom. The van der Waals surface area contributed by atoms with Gasteiger partial charge in [-0.3, -0.25) is 0 Å². The summed E-state index contributed by atoms with van der Waals surface area (Å²) in [6.45, 7) is 4.02. The maximum atomic E-state index is 4.02. The van der Waals surface area contributed by atoms with Gasteiger partial charge in [0.2, 0.25) is 0 Å². The third-order valence-corrected chi connectivity index (χ3v) is 2.45. The molecule has 0 atom stereocenters. The highest BCUT2D eigenvalue weighted by molar-refractivity contribution is 5.72. The lowest BCUT2D eigenvalue weighted by Gasteiger charge is -1.96. The van der Waals surface area contributed by atoms with Gasteiger partial charge in [-0.15, -0.1) is 5.73 Å². The Morgan fingerprint density at radius 3 is 2.12 bits per heavy atom.